The van der Waals surface area contributed by atoms with E-state index in [1.807, 2.05) is 13.8 Å². The third-order valence-electron chi connectivity index (χ3n) is 3.52. The predicted octanol–water partition coefficient (Wildman–Crippen LogP) is 0.676. The highest BCUT2D eigenvalue weighted by molar-refractivity contribution is 5.95. The number of rotatable bonds is 2. The molecule has 1 heterocycles. The lowest BCUT2D eigenvalue weighted by Gasteiger charge is -2.49. The summed E-state index contributed by atoms with van der Waals surface area (Å²) in [6, 6.07) is 2.89. The molecule has 2 unspecified atom stereocenters. The van der Waals surface area contributed by atoms with E-state index < -0.39 is 12.0 Å². The Kier molecular flexibility index (Phi) is 2.79. The van der Waals surface area contributed by atoms with Crippen molar-refractivity contribution in [2.24, 2.45) is 5.41 Å². The minimum absolute atomic E-state index is 0.0182. The second kappa shape index (κ2) is 4.00. The molecular weight excluding hydrogens is 220 g/mol. The van der Waals surface area contributed by atoms with Gasteiger partial charge >= 0.3 is 0 Å². The van der Waals surface area contributed by atoms with Crippen molar-refractivity contribution >= 4 is 5.91 Å². The molecule has 1 fully saturated rings. The van der Waals surface area contributed by atoms with Crippen molar-refractivity contribution in [2.75, 3.05) is 0 Å². The molecule has 1 saturated carbocycles. The summed E-state index contributed by atoms with van der Waals surface area (Å²) in [7, 11) is 0. The van der Waals surface area contributed by atoms with Crippen LogP contribution in [0.1, 0.15) is 30.8 Å². The average Bonchev–Trinajstić information content (AvgIpc) is 2.29. The number of aromatic hydroxyl groups is 1. The maximum atomic E-state index is 11.8. The number of amides is 1. The zero-order valence-electron chi connectivity index (χ0n) is 9.84. The van der Waals surface area contributed by atoms with E-state index in [0.29, 0.717) is 6.42 Å². The topological polar surface area (TPSA) is 82.5 Å². The second-order valence-corrected chi connectivity index (χ2v) is 4.97. The number of aliphatic hydroxyl groups excluding tert-OH is 1. The van der Waals surface area contributed by atoms with Crippen molar-refractivity contribution in [3.05, 3.63) is 24.0 Å². The van der Waals surface area contributed by atoms with E-state index in [9.17, 15) is 15.0 Å². The highest BCUT2D eigenvalue weighted by atomic mass is 16.3. The third kappa shape index (κ3) is 1.98. The van der Waals surface area contributed by atoms with Gasteiger partial charge in [-0.05, 0) is 18.6 Å². The molecule has 0 aromatic carbocycles. The highest BCUT2D eigenvalue weighted by Gasteiger charge is 2.48. The molecule has 1 amide bonds. The van der Waals surface area contributed by atoms with Gasteiger partial charge in [0.1, 0.15) is 5.75 Å². The molecule has 3 N–H and O–H groups in total. The van der Waals surface area contributed by atoms with E-state index in [4.69, 9.17) is 0 Å². The third-order valence-corrected chi connectivity index (χ3v) is 3.52. The van der Waals surface area contributed by atoms with Crippen LogP contribution in [0.15, 0.2) is 18.3 Å². The standard InChI is InChI=1S/C12H16N2O3/c1-12(2)8(6-9(12)16)14-11(17)10-7(15)4-3-5-13-10/h3-5,8-9,15-16H,6H2,1-2H3,(H,14,17). The number of nitrogens with zero attached hydrogens (tertiary/aromatic N) is 1. The molecule has 0 radical (unpaired) electrons. The molecule has 92 valence electrons. The molecule has 0 aliphatic heterocycles. The summed E-state index contributed by atoms with van der Waals surface area (Å²) >= 11 is 0. The summed E-state index contributed by atoms with van der Waals surface area (Å²) < 4.78 is 0. The number of hydrogen-bond donors (Lipinski definition) is 3. The van der Waals surface area contributed by atoms with Crippen LogP contribution in [0.5, 0.6) is 5.75 Å². The molecule has 17 heavy (non-hydrogen) atoms. The Morgan fingerprint density at radius 1 is 1.59 bits per heavy atom. The lowest BCUT2D eigenvalue weighted by molar-refractivity contribution is -0.0690. The van der Waals surface area contributed by atoms with Crippen molar-refractivity contribution in [1.82, 2.24) is 10.3 Å². The largest absolute Gasteiger partial charge is 0.505 e. The number of nitrogens with one attached hydrogen (secondary N) is 1. The fourth-order valence-electron chi connectivity index (χ4n) is 1.95. The van der Waals surface area contributed by atoms with Crippen LogP contribution in [0.4, 0.5) is 0 Å². The van der Waals surface area contributed by atoms with E-state index in [1.54, 1.807) is 6.07 Å². The Balaban J connectivity index is 2.07. The Bertz CT molecular complexity index is 445. The zero-order chi connectivity index (χ0) is 12.6. The number of aliphatic hydroxyl groups is 1. The van der Waals surface area contributed by atoms with Crippen molar-refractivity contribution in [1.29, 1.82) is 0 Å². The molecular formula is C12H16N2O3. The van der Waals surface area contributed by atoms with Crippen LogP contribution in [-0.4, -0.2) is 33.3 Å². The van der Waals surface area contributed by atoms with Gasteiger partial charge in [-0.1, -0.05) is 13.8 Å². The molecule has 5 heteroatoms. The number of carbonyl (C=O) groups is 1. The number of carbonyl (C=O) groups excluding carboxylic acids is 1. The molecule has 1 aromatic rings. The highest BCUT2D eigenvalue weighted by Crippen LogP contribution is 2.40. The first-order valence-corrected chi connectivity index (χ1v) is 5.56. The summed E-state index contributed by atoms with van der Waals surface area (Å²) in [5.74, 6) is -0.546. The summed E-state index contributed by atoms with van der Waals surface area (Å²) in [5, 5.41) is 21.8. The molecule has 0 saturated heterocycles. The van der Waals surface area contributed by atoms with E-state index in [1.165, 1.54) is 12.3 Å². The number of pyridine rings is 1. The van der Waals surface area contributed by atoms with Gasteiger partial charge in [-0.15, -0.1) is 0 Å². The fourth-order valence-corrected chi connectivity index (χ4v) is 1.95. The van der Waals surface area contributed by atoms with Crippen molar-refractivity contribution in [3.8, 4) is 5.75 Å². The molecule has 1 aliphatic carbocycles. The first kappa shape index (κ1) is 11.9. The lowest BCUT2D eigenvalue weighted by Crippen LogP contribution is -2.61. The molecule has 5 nitrogen and oxygen atoms in total. The van der Waals surface area contributed by atoms with Crippen LogP contribution in [0, 0.1) is 5.41 Å². The van der Waals surface area contributed by atoms with Gasteiger partial charge in [-0.2, -0.15) is 0 Å². The van der Waals surface area contributed by atoms with Gasteiger partial charge in [0.05, 0.1) is 6.10 Å². The van der Waals surface area contributed by atoms with Gasteiger partial charge < -0.3 is 15.5 Å². The minimum Gasteiger partial charge on any atom is -0.505 e. The summed E-state index contributed by atoms with van der Waals surface area (Å²) in [6.45, 7) is 3.79. The molecule has 0 bridgehead atoms. The molecule has 1 aliphatic rings. The van der Waals surface area contributed by atoms with Crippen LogP contribution in [0.2, 0.25) is 0 Å². The van der Waals surface area contributed by atoms with Crippen LogP contribution in [0.3, 0.4) is 0 Å². The molecule has 0 spiro atoms. The second-order valence-electron chi connectivity index (χ2n) is 4.97. The minimum atomic E-state index is -0.409. The monoisotopic (exact) mass is 236 g/mol. The summed E-state index contributed by atoms with van der Waals surface area (Å²) in [6.07, 6.45) is 1.59. The number of hydrogen-bond acceptors (Lipinski definition) is 4. The van der Waals surface area contributed by atoms with E-state index >= 15 is 0 Å². The Morgan fingerprint density at radius 3 is 2.82 bits per heavy atom. The lowest BCUT2D eigenvalue weighted by atomic mass is 9.64. The van der Waals surface area contributed by atoms with Gasteiger partial charge in [0.2, 0.25) is 0 Å². The summed E-state index contributed by atoms with van der Waals surface area (Å²) in [4.78, 5) is 15.7. The van der Waals surface area contributed by atoms with Crippen LogP contribution < -0.4 is 5.32 Å². The zero-order valence-corrected chi connectivity index (χ0v) is 9.84. The Morgan fingerprint density at radius 2 is 2.29 bits per heavy atom. The average molecular weight is 236 g/mol. The smallest absolute Gasteiger partial charge is 0.273 e. The van der Waals surface area contributed by atoms with Crippen LogP contribution >= 0.6 is 0 Å². The first-order valence-electron chi connectivity index (χ1n) is 5.56. The van der Waals surface area contributed by atoms with Crippen LogP contribution in [-0.2, 0) is 0 Å². The van der Waals surface area contributed by atoms with Gasteiger partial charge in [0, 0.05) is 17.7 Å². The fraction of sp³-hybridized carbons (Fsp3) is 0.500. The van der Waals surface area contributed by atoms with Crippen molar-refractivity contribution in [2.45, 2.75) is 32.4 Å². The Labute approximate surface area is 99.5 Å². The quantitative estimate of drug-likeness (QED) is 0.705. The first-order chi connectivity index (χ1) is 7.93. The van der Waals surface area contributed by atoms with Gasteiger partial charge in [-0.3, -0.25) is 4.79 Å². The van der Waals surface area contributed by atoms with Gasteiger partial charge in [-0.25, -0.2) is 4.98 Å². The molecule has 2 rings (SSSR count). The van der Waals surface area contributed by atoms with E-state index in [-0.39, 0.29) is 22.9 Å². The number of aromatic nitrogens is 1. The Hall–Kier alpha value is -1.62. The normalized spacial score (nSPS) is 26.1. The van der Waals surface area contributed by atoms with Crippen molar-refractivity contribution in [3.63, 3.8) is 0 Å². The molecule has 2 atom stereocenters. The maximum Gasteiger partial charge on any atom is 0.273 e. The van der Waals surface area contributed by atoms with Crippen molar-refractivity contribution < 1.29 is 15.0 Å². The van der Waals surface area contributed by atoms with Crippen LogP contribution in [0.25, 0.3) is 0 Å². The predicted molar refractivity (Wildman–Crippen MR) is 61.6 cm³/mol. The summed E-state index contributed by atoms with van der Waals surface area (Å²) in [5.41, 5.74) is -0.315. The maximum absolute atomic E-state index is 11.8. The van der Waals surface area contributed by atoms with E-state index in [2.05, 4.69) is 10.3 Å². The van der Waals surface area contributed by atoms with Gasteiger partial charge in [0.25, 0.3) is 5.91 Å². The SMILES string of the molecule is CC1(C)C(O)CC1NC(=O)c1ncccc1O. The van der Waals surface area contributed by atoms with E-state index in [0.717, 1.165) is 0 Å². The van der Waals surface area contributed by atoms with Gasteiger partial charge in [0.15, 0.2) is 5.69 Å². The molecule has 1 aromatic heterocycles.